The van der Waals surface area contributed by atoms with Gasteiger partial charge in [-0.25, -0.2) is 9.79 Å². The van der Waals surface area contributed by atoms with Crippen LogP contribution in [0.25, 0.3) is 6.08 Å². The monoisotopic (exact) mass is 536 g/mol. The van der Waals surface area contributed by atoms with Crippen molar-refractivity contribution in [3.63, 3.8) is 0 Å². The third kappa shape index (κ3) is 4.90. The Balaban J connectivity index is 1.95. The third-order valence-corrected chi connectivity index (χ3v) is 5.12. The lowest BCUT2D eigenvalue weighted by atomic mass is 10.1. The van der Waals surface area contributed by atoms with Gasteiger partial charge >= 0.3 is 11.9 Å². The van der Waals surface area contributed by atoms with E-state index in [-0.39, 0.29) is 23.7 Å². The third-order valence-electron chi connectivity index (χ3n) is 4.32. The molecule has 160 valence electrons. The molecule has 9 nitrogen and oxygen atoms in total. The van der Waals surface area contributed by atoms with Gasteiger partial charge in [0.1, 0.15) is 0 Å². The van der Waals surface area contributed by atoms with Gasteiger partial charge in [-0.3, -0.25) is 14.9 Å². The van der Waals surface area contributed by atoms with Crippen LogP contribution in [0.2, 0.25) is 0 Å². The number of rotatable bonds is 6. The summed E-state index contributed by atoms with van der Waals surface area (Å²) in [5, 5.41) is 11.0. The number of methoxy groups -OCH3 is 1. The predicted octanol–water partition coefficient (Wildman–Crippen LogP) is 4.18. The number of hydrogen-bond acceptors (Lipinski definition) is 8. The maximum atomic E-state index is 12.3. The van der Waals surface area contributed by atoms with Crippen LogP contribution in [0.3, 0.4) is 0 Å². The highest BCUT2D eigenvalue weighted by atomic mass is 127. The Labute approximate surface area is 191 Å². The van der Waals surface area contributed by atoms with Crippen molar-refractivity contribution in [3.8, 4) is 11.5 Å². The van der Waals surface area contributed by atoms with Crippen LogP contribution in [0.1, 0.15) is 30.0 Å². The lowest BCUT2D eigenvalue weighted by Crippen LogP contribution is -2.08. The fraction of sp³-hybridized carbons (Fsp3) is 0.190. The molecule has 10 heteroatoms. The Hall–Kier alpha value is -3.28. The molecule has 2 aromatic rings. The lowest BCUT2D eigenvalue weighted by molar-refractivity contribution is -0.385. The summed E-state index contributed by atoms with van der Waals surface area (Å²) in [4.78, 5) is 38.7. The van der Waals surface area contributed by atoms with E-state index >= 15 is 0 Å². The number of esters is 2. The van der Waals surface area contributed by atoms with E-state index in [1.54, 1.807) is 26.0 Å². The zero-order valence-electron chi connectivity index (χ0n) is 16.8. The second-order valence-corrected chi connectivity index (χ2v) is 7.62. The molecule has 1 aliphatic heterocycles. The summed E-state index contributed by atoms with van der Waals surface area (Å²) >= 11 is 2.01. The second-order valence-electron chi connectivity index (χ2n) is 6.46. The molecule has 0 amide bonds. The Kier molecular flexibility index (Phi) is 6.68. The molecule has 0 bridgehead atoms. The van der Waals surface area contributed by atoms with Crippen molar-refractivity contribution in [1.29, 1.82) is 0 Å². The number of carbonyl (C=O) groups excluding carboxylic acids is 2. The summed E-state index contributed by atoms with van der Waals surface area (Å²) in [7, 11) is 1.45. The molecule has 0 aromatic heterocycles. The standard InChI is InChI=1S/C21H17IN2O7/c1-4-18(25)30-19-14(22)8-12(10-17(19)29-3)9-15-21(26)31-20(23-15)13-5-6-16(24(27)28)11(2)7-13/h5-10H,4H2,1-3H3/b15-9-. The van der Waals surface area contributed by atoms with Crippen LogP contribution in [-0.2, 0) is 14.3 Å². The minimum Gasteiger partial charge on any atom is -0.493 e. The van der Waals surface area contributed by atoms with Gasteiger partial charge in [-0.2, -0.15) is 0 Å². The molecule has 0 saturated heterocycles. The zero-order chi connectivity index (χ0) is 22.7. The Morgan fingerprint density at radius 3 is 2.68 bits per heavy atom. The van der Waals surface area contributed by atoms with Gasteiger partial charge in [0.15, 0.2) is 17.2 Å². The van der Waals surface area contributed by atoms with Gasteiger partial charge in [0, 0.05) is 23.6 Å². The number of nitrogens with zero attached hydrogens (tertiary/aromatic N) is 2. The maximum absolute atomic E-state index is 12.3. The molecule has 0 N–H and O–H groups in total. The molecule has 0 saturated carbocycles. The van der Waals surface area contributed by atoms with Gasteiger partial charge in [-0.1, -0.05) is 6.92 Å². The summed E-state index contributed by atoms with van der Waals surface area (Å²) in [5.41, 5.74) is 1.50. The normalized spacial score (nSPS) is 14.3. The molecule has 1 aliphatic rings. The smallest absolute Gasteiger partial charge is 0.363 e. The maximum Gasteiger partial charge on any atom is 0.363 e. The second kappa shape index (κ2) is 9.25. The first kappa shape index (κ1) is 22.4. The van der Waals surface area contributed by atoms with Gasteiger partial charge in [0.2, 0.25) is 5.90 Å². The molecular formula is C21H17IN2O7. The number of hydrogen-bond donors (Lipinski definition) is 0. The number of aryl methyl sites for hydroxylation is 1. The van der Waals surface area contributed by atoms with E-state index in [0.29, 0.717) is 31.8 Å². The highest BCUT2D eigenvalue weighted by Crippen LogP contribution is 2.35. The summed E-state index contributed by atoms with van der Waals surface area (Å²) in [6.07, 6.45) is 1.74. The molecule has 0 atom stereocenters. The molecule has 0 spiro atoms. The van der Waals surface area contributed by atoms with E-state index in [1.807, 2.05) is 22.6 Å². The number of halogens is 1. The van der Waals surface area contributed by atoms with Crippen molar-refractivity contribution in [2.45, 2.75) is 20.3 Å². The molecule has 0 fully saturated rings. The van der Waals surface area contributed by atoms with E-state index in [2.05, 4.69) is 4.99 Å². The molecule has 3 rings (SSSR count). The van der Waals surface area contributed by atoms with Crippen LogP contribution in [0.15, 0.2) is 41.0 Å². The number of cyclic esters (lactones) is 1. The number of nitro groups is 1. The van der Waals surface area contributed by atoms with E-state index < -0.39 is 16.9 Å². The van der Waals surface area contributed by atoms with Crippen LogP contribution < -0.4 is 9.47 Å². The average molecular weight is 536 g/mol. The fourth-order valence-electron chi connectivity index (χ4n) is 2.79. The highest BCUT2D eigenvalue weighted by molar-refractivity contribution is 14.1. The molecule has 31 heavy (non-hydrogen) atoms. The SMILES string of the molecule is CCC(=O)Oc1c(I)cc(/C=C2\N=C(c3ccc([N+](=O)[O-])c(C)c3)OC2=O)cc1OC. The fourth-order valence-corrected chi connectivity index (χ4v) is 3.53. The van der Waals surface area contributed by atoms with Crippen molar-refractivity contribution in [2.75, 3.05) is 7.11 Å². The van der Waals surface area contributed by atoms with E-state index in [1.165, 1.54) is 31.4 Å². The summed E-state index contributed by atoms with van der Waals surface area (Å²) < 4.78 is 16.5. The first-order chi connectivity index (χ1) is 14.7. The first-order valence-corrected chi connectivity index (χ1v) is 10.2. The lowest BCUT2D eigenvalue weighted by Gasteiger charge is -2.11. The van der Waals surface area contributed by atoms with Crippen molar-refractivity contribution >= 4 is 52.2 Å². The Bertz CT molecular complexity index is 1150. The van der Waals surface area contributed by atoms with Gasteiger partial charge < -0.3 is 14.2 Å². The Morgan fingerprint density at radius 1 is 1.32 bits per heavy atom. The van der Waals surface area contributed by atoms with Gasteiger partial charge in [0.05, 0.1) is 15.6 Å². The average Bonchev–Trinajstić information content (AvgIpc) is 3.09. The van der Waals surface area contributed by atoms with Crippen molar-refractivity contribution in [3.05, 3.63) is 66.4 Å². The largest absolute Gasteiger partial charge is 0.493 e. The van der Waals surface area contributed by atoms with Gasteiger partial charge in [-0.05, 0) is 65.4 Å². The first-order valence-electron chi connectivity index (χ1n) is 9.09. The van der Waals surface area contributed by atoms with Crippen LogP contribution >= 0.6 is 22.6 Å². The number of nitro benzene ring substituents is 1. The zero-order valence-corrected chi connectivity index (χ0v) is 19.0. The van der Waals surface area contributed by atoms with E-state index in [0.717, 1.165) is 0 Å². The molecule has 2 aromatic carbocycles. The summed E-state index contributed by atoms with van der Waals surface area (Å²) in [6.45, 7) is 3.28. The molecule has 0 aliphatic carbocycles. The topological polar surface area (TPSA) is 117 Å². The number of aliphatic imine (C=N–C) groups is 1. The van der Waals surface area contributed by atoms with Crippen LogP contribution in [0.4, 0.5) is 5.69 Å². The van der Waals surface area contributed by atoms with E-state index in [9.17, 15) is 19.7 Å². The minimum atomic E-state index is -0.651. The van der Waals surface area contributed by atoms with E-state index in [4.69, 9.17) is 14.2 Å². The summed E-state index contributed by atoms with van der Waals surface area (Å²) in [5.74, 6) is -0.348. The van der Waals surface area contributed by atoms with Crippen molar-refractivity contribution < 1.29 is 28.7 Å². The predicted molar refractivity (Wildman–Crippen MR) is 120 cm³/mol. The van der Waals surface area contributed by atoms with Crippen LogP contribution in [0.5, 0.6) is 11.5 Å². The Morgan fingerprint density at radius 2 is 2.06 bits per heavy atom. The highest BCUT2D eigenvalue weighted by Gasteiger charge is 2.26. The molecular weight excluding hydrogens is 519 g/mol. The van der Waals surface area contributed by atoms with Crippen molar-refractivity contribution in [1.82, 2.24) is 0 Å². The van der Waals surface area contributed by atoms with Gasteiger partial charge in [0.25, 0.3) is 5.69 Å². The van der Waals surface area contributed by atoms with Crippen LogP contribution in [-0.4, -0.2) is 29.9 Å². The number of benzene rings is 2. The molecule has 0 unspecified atom stereocenters. The molecule has 0 radical (unpaired) electrons. The summed E-state index contributed by atoms with van der Waals surface area (Å²) in [6, 6.07) is 7.68. The number of carbonyl (C=O) groups is 2. The van der Waals surface area contributed by atoms with Crippen LogP contribution in [0, 0.1) is 20.6 Å². The van der Waals surface area contributed by atoms with Crippen molar-refractivity contribution in [2.24, 2.45) is 4.99 Å². The van der Waals surface area contributed by atoms with Gasteiger partial charge in [-0.15, -0.1) is 0 Å². The minimum absolute atomic E-state index is 0.0324. The number of ether oxygens (including phenoxy) is 3. The molecule has 1 heterocycles. The quantitative estimate of drug-likeness (QED) is 0.136.